The molecule has 0 radical (unpaired) electrons. The number of alkyl carbamates (subject to hydrolysis) is 1. The number of hydrogen-bond acceptors (Lipinski definition) is 7. The number of fused-ring (bicyclic) bond motifs is 1. The summed E-state index contributed by atoms with van der Waals surface area (Å²) in [6.45, 7) is 5.07. The summed E-state index contributed by atoms with van der Waals surface area (Å²) in [7, 11) is -5.95. The molecule has 0 bridgehead atoms. The van der Waals surface area contributed by atoms with Gasteiger partial charge in [-0.15, -0.1) is 0 Å². The van der Waals surface area contributed by atoms with Gasteiger partial charge in [0.05, 0.1) is 5.69 Å². The van der Waals surface area contributed by atoms with Crippen molar-refractivity contribution in [1.82, 2.24) is 15.3 Å². The summed E-state index contributed by atoms with van der Waals surface area (Å²) in [5.41, 5.74) is -5.43. The second kappa shape index (κ2) is 8.57. The highest BCUT2D eigenvalue weighted by Crippen LogP contribution is 2.34. The number of carbonyl (C=O) groups is 1. The van der Waals surface area contributed by atoms with E-state index >= 15 is 0 Å². The third-order valence-electron chi connectivity index (χ3n) is 4.46. The van der Waals surface area contributed by atoms with E-state index in [1.807, 2.05) is 0 Å². The van der Waals surface area contributed by atoms with Crippen molar-refractivity contribution in [3.8, 4) is 17.3 Å². The number of aryl methyl sites for hydroxylation is 1. The van der Waals surface area contributed by atoms with Crippen LogP contribution in [0.25, 0.3) is 11.4 Å². The van der Waals surface area contributed by atoms with Gasteiger partial charge in [0.2, 0.25) is 5.88 Å². The van der Waals surface area contributed by atoms with E-state index in [0.29, 0.717) is 17.7 Å². The predicted octanol–water partition coefficient (Wildman–Crippen LogP) is 3.75. The van der Waals surface area contributed by atoms with Gasteiger partial charge in [-0.25, -0.2) is 9.78 Å². The number of ether oxygens (including phenoxy) is 1. The largest absolute Gasteiger partial charge is 0.534 e. The van der Waals surface area contributed by atoms with Crippen molar-refractivity contribution in [2.45, 2.75) is 57.2 Å². The first-order valence-electron chi connectivity index (χ1n) is 9.70. The van der Waals surface area contributed by atoms with Gasteiger partial charge in [0.15, 0.2) is 5.82 Å². The average Bonchev–Trinajstić information content (AvgIpc) is 2.66. The van der Waals surface area contributed by atoms with Gasteiger partial charge in [0.1, 0.15) is 5.60 Å². The first-order chi connectivity index (χ1) is 14.7. The molecule has 1 atom stereocenters. The van der Waals surface area contributed by atoms with Crippen LogP contribution in [-0.4, -0.2) is 41.6 Å². The Bertz CT molecular complexity index is 1100. The minimum absolute atomic E-state index is 0.0215. The number of halogens is 3. The summed E-state index contributed by atoms with van der Waals surface area (Å²) in [5.74, 6) is -0.669. The van der Waals surface area contributed by atoms with Crippen LogP contribution in [0.15, 0.2) is 30.3 Å². The molecule has 0 spiro atoms. The van der Waals surface area contributed by atoms with Crippen LogP contribution in [0.4, 0.5) is 18.0 Å². The van der Waals surface area contributed by atoms with E-state index in [9.17, 15) is 26.4 Å². The van der Waals surface area contributed by atoms with Crippen molar-refractivity contribution in [1.29, 1.82) is 0 Å². The van der Waals surface area contributed by atoms with Gasteiger partial charge in [0, 0.05) is 17.2 Å². The van der Waals surface area contributed by atoms with E-state index in [1.165, 1.54) is 0 Å². The van der Waals surface area contributed by atoms with Crippen molar-refractivity contribution >= 4 is 16.2 Å². The highest BCUT2D eigenvalue weighted by molar-refractivity contribution is 7.87. The first kappa shape index (κ1) is 23.8. The fourth-order valence-corrected chi connectivity index (χ4v) is 3.55. The van der Waals surface area contributed by atoms with Crippen LogP contribution >= 0.6 is 0 Å². The Labute approximate surface area is 183 Å². The van der Waals surface area contributed by atoms with Crippen molar-refractivity contribution in [2.75, 3.05) is 0 Å². The number of nitrogens with zero attached hydrogens (tertiary/aromatic N) is 2. The maximum atomic E-state index is 13.0. The van der Waals surface area contributed by atoms with Crippen LogP contribution in [0.2, 0.25) is 0 Å². The zero-order valence-corrected chi connectivity index (χ0v) is 18.4. The SMILES string of the molecule is CC(C)(C)OC(=O)NC1CCc2nc(-c3ccccc3)nc(OS(=O)(=O)C(F)(F)F)c2C1. The van der Waals surface area contributed by atoms with E-state index in [0.717, 1.165) is 0 Å². The van der Waals surface area contributed by atoms with Gasteiger partial charge in [-0.1, -0.05) is 30.3 Å². The lowest BCUT2D eigenvalue weighted by atomic mass is 9.92. The molecular formula is C20H22F3N3O5S. The number of aromatic nitrogens is 2. The Morgan fingerprint density at radius 1 is 1.12 bits per heavy atom. The van der Waals surface area contributed by atoms with Crippen LogP contribution in [0.1, 0.15) is 38.4 Å². The molecule has 32 heavy (non-hydrogen) atoms. The minimum Gasteiger partial charge on any atom is -0.444 e. The standard InChI is InChI=1S/C20H22F3N3O5S/c1-19(2,3)30-18(27)24-13-9-10-15-14(11-13)17(31-32(28,29)20(21,22)23)26-16(25-15)12-7-5-4-6-8-12/h4-8,13H,9-11H2,1-3H3,(H,24,27). The first-order valence-corrected chi connectivity index (χ1v) is 11.1. The summed E-state index contributed by atoms with van der Waals surface area (Å²) < 4.78 is 71.8. The minimum atomic E-state index is -5.95. The molecule has 0 fully saturated rings. The maximum Gasteiger partial charge on any atom is 0.534 e. The Kier molecular flexibility index (Phi) is 6.36. The number of hydrogen-bond donors (Lipinski definition) is 1. The van der Waals surface area contributed by atoms with Crippen molar-refractivity contribution < 1.29 is 35.3 Å². The van der Waals surface area contributed by atoms with E-state index in [1.54, 1.807) is 51.1 Å². The molecule has 1 aliphatic carbocycles. The summed E-state index contributed by atoms with van der Waals surface area (Å²) >= 11 is 0. The molecule has 174 valence electrons. The van der Waals surface area contributed by atoms with Gasteiger partial charge in [-0.2, -0.15) is 26.6 Å². The van der Waals surface area contributed by atoms with Crippen LogP contribution in [0.5, 0.6) is 5.88 Å². The highest BCUT2D eigenvalue weighted by atomic mass is 32.2. The summed E-state index contributed by atoms with van der Waals surface area (Å²) in [6, 6.07) is 7.86. The molecule has 0 saturated heterocycles. The lowest BCUT2D eigenvalue weighted by Crippen LogP contribution is -2.42. The molecule has 1 aliphatic rings. The monoisotopic (exact) mass is 473 g/mol. The predicted molar refractivity (Wildman–Crippen MR) is 108 cm³/mol. The van der Waals surface area contributed by atoms with Crippen LogP contribution < -0.4 is 9.50 Å². The van der Waals surface area contributed by atoms with Crippen LogP contribution in [-0.2, 0) is 27.7 Å². The third-order valence-corrected chi connectivity index (χ3v) is 5.40. The number of benzene rings is 1. The number of alkyl halides is 3. The Balaban J connectivity index is 1.96. The summed E-state index contributed by atoms with van der Waals surface area (Å²) in [4.78, 5) is 20.5. The van der Waals surface area contributed by atoms with E-state index in [2.05, 4.69) is 19.5 Å². The molecule has 1 aromatic carbocycles. The molecule has 1 N–H and O–H groups in total. The smallest absolute Gasteiger partial charge is 0.444 e. The van der Waals surface area contributed by atoms with E-state index in [4.69, 9.17) is 4.74 Å². The van der Waals surface area contributed by atoms with Gasteiger partial charge >= 0.3 is 21.7 Å². The highest BCUT2D eigenvalue weighted by Gasteiger charge is 2.49. The molecule has 1 amide bonds. The molecule has 2 aromatic rings. The molecule has 0 aliphatic heterocycles. The molecular weight excluding hydrogens is 451 g/mol. The topological polar surface area (TPSA) is 107 Å². The zero-order chi connectivity index (χ0) is 23.7. The number of amides is 1. The van der Waals surface area contributed by atoms with Gasteiger partial charge in [-0.3, -0.25) is 0 Å². The van der Waals surface area contributed by atoms with Crippen molar-refractivity contribution in [3.05, 3.63) is 41.6 Å². The zero-order valence-electron chi connectivity index (χ0n) is 17.6. The Morgan fingerprint density at radius 2 is 1.78 bits per heavy atom. The molecule has 1 aromatic heterocycles. The molecule has 1 unspecified atom stereocenters. The average molecular weight is 473 g/mol. The second-order valence-electron chi connectivity index (χ2n) is 8.21. The molecule has 1 heterocycles. The lowest BCUT2D eigenvalue weighted by molar-refractivity contribution is -0.0501. The van der Waals surface area contributed by atoms with E-state index < -0.39 is 39.2 Å². The van der Waals surface area contributed by atoms with Gasteiger partial charge in [-0.05, 0) is 40.0 Å². The fourth-order valence-electron chi connectivity index (χ4n) is 3.11. The quantitative estimate of drug-likeness (QED) is 0.532. The normalized spacial score (nSPS) is 16.8. The molecule has 8 nitrogen and oxygen atoms in total. The Morgan fingerprint density at radius 3 is 2.38 bits per heavy atom. The second-order valence-corrected chi connectivity index (χ2v) is 9.75. The maximum absolute atomic E-state index is 13.0. The third kappa shape index (κ3) is 5.67. The fraction of sp³-hybridized carbons (Fsp3) is 0.450. The van der Waals surface area contributed by atoms with Crippen molar-refractivity contribution in [3.63, 3.8) is 0 Å². The van der Waals surface area contributed by atoms with Gasteiger partial charge in [0.25, 0.3) is 0 Å². The number of rotatable bonds is 4. The van der Waals surface area contributed by atoms with E-state index in [-0.39, 0.29) is 24.2 Å². The number of nitrogens with one attached hydrogen (secondary N) is 1. The summed E-state index contributed by atoms with van der Waals surface area (Å²) in [6.07, 6.45) is -0.0336. The van der Waals surface area contributed by atoms with Crippen molar-refractivity contribution in [2.24, 2.45) is 0 Å². The van der Waals surface area contributed by atoms with Gasteiger partial charge < -0.3 is 14.2 Å². The molecule has 12 heteroatoms. The summed E-state index contributed by atoms with van der Waals surface area (Å²) in [5, 5.41) is 2.64. The van der Waals surface area contributed by atoms with Crippen LogP contribution in [0.3, 0.4) is 0 Å². The molecule has 0 saturated carbocycles. The molecule has 3 rings (SSSR count). The Hall–Kier alpha value is -2.89. The lowest BCUT2D eigenvalue weighted by Gasteiger charge is -2.28. The number of carbonyl (C=O) groups excluding carboxylic acids is 1. The van der Waals surface area contributed by atoms with Crippen LogP contribution in [0, 0.1) is 0 Å².